The van der Waals surface area contributed by atoms with E-state index in [9.17, 15) is 0 Å². The third-order valence-corrected chi connectivity index (χ3v) is 13.7. The van der Waals surface area contributed by atoms with Gasteiger partial charge in [-0.1, -0.05) is 148 Å². The van der Waals surface area contributed by atoms with Crippen LogP contribution in [0.4, 0.5) is 0 Å². The first-order chi connectivity index (χ1) is 24.0. The summed E-state index contributed by atoms with van der Waals surface area (Å²) in [6, 6.07) is 26.5. The molecular formula is C50H58. The number of fused-ring (bicyclic) bond motifs is 12. The fourth-order valence-corrected chi connectivity index (χ4v) is 11.7. The Bertz CT molecular complexity index is 2110. The fraction of sp³-hybridized carbons (Fsp3) is 0.440. The molecule has 0 saturated heterocycles. The second-order valence-electron chi connectivity index (χ2n) is 17.2. The summed E-state index contributed by atoms with van der Waals surface area (Å²) in [5, 5.41) is 2.91. The van der Waals surface area contributed by atoms with Crippen LogP contribution in [-0.4, -0.2) is 0 Å². The van der Waals surface area contributed by atoms with Crippen molar-refractivity contribution in [3.63, 3.8) is 0 Å². The highest BCUT2D eigenvalue weighted by Gasteiger charge is 2.56. The minimum Gasteiger partial charge on any atom is -0.0654 e. The van der Waals surface area contributed by atoms with Crippen molar-refractivity contribution >= 4 is 21.9 Å². The molecule has 0 heteroatoms. The Labute approximate surface area is 302 Å². The van der Waals surface area contributed by atoms with Crippen LogP contribution in [0.1, 0.15) is 140 Å². The van der Waals surface area contributed by atoms with Gasteiger partial charge in [-0.3, -0.25) is 0 Å². The molecule has 0 fully saturated rings. The summed E-state index contributed by atoms with van der Waals surface area (Å²) >= 11 is 0. The van der Waals surface area contributed by atoms with Crippen molar-refractivity contribution in [2.45, 2.75) is 118 Å². The summed E-state index contributed by atoms with van der Waals surface area (Å²) in [6.07, 6.45) is 11.4. The first-order valence-corrected chi connectivity index (χ1v) is 20.1. The molecule has 4 aromatic carbocycles. The smallest absolute Gasteiger partial charge is 0.0474 e. The van der Waals surface area contributed by atoms with E-state index in [2.05, 4.69) is 148 Å². The third kappa shape index (κ3) is 4.36. The number of rotatable bonds is 8. The molecular weight excluding hydrogens is 601 g/mol. The van der Waals surface area contributed by atoms with E-state index in [1.165, 1.54) is 64.3 Å². The SMILES string of the molecule is CCC(CC)C1=CC2(c3ccc4c(c3-c3cc(C(C)C)c5ccccc5c32)C(C)(C)C2=C4Cc3ccccc32)C(C(C)C)C(C(CC)CC)=C1. The quantitative estimate of drug-likeness (QED) is 0.177. The Hall–Kier alpha value is -3.64. The zero-order chi connectivity index (χ0) is 35.3. The largest absolute Gasteiger partial charge is 0.0654 e. The first kappa shape index (κ1) is 33.5. The van der Waals surface area contributed by atoms with Crippen molar-refractivity contribution in [3.8, 4) is 11.1 Å². The average molecular weight is 659 g/mol. The van der Waals surface area contributed by atoms with Gasteiger partial charge in [0.25, 0.3) is 0 Å². The van der Waals surface area contributed by atoms with Crippen LogP contribution in [0.25, 0.3) is 33.0 Å². The summed E-state index contributed by atoms with van der Waals surface area (Å²) in [6.45, 7) is 24.6. The number of hydrogen-bond donors (Lipinski definition) is 0. The molecule has 2 unspecified atom stereocenters. The highest BCUT2D eigenvalue weighted by atomic mass is 14.6. The summed E-state index contributed by atoms with van der Waals surface area (Å²) in [5.41, 5.74) is 19.9. The topological polar surface area (TPSA) is 0 Å². The summed E-state index contributed by atoms with van der Waals surface area (Å²) in [5.74, 6) is 2.46. The van der Waals surface area contributed by atoms with E-state index in [0.29, 0.717) is 29.6 Å². The van der Waals surface area contributed by atoms with Crippen LogP contribution >= 0.6 is 0 Å². The van der Waals surface area contributed by atoms with Gasteiger partial charge in [0, 0.05) is 16.7 Å². The van der Waals surface area contributed by atoms with Crippen LogP contribution in [0.2, 0.25) is 0 Å². The summed E-state index contributed by atoms with van der Waals surface area (Å²) in [7, 11) is 0. The maximum atomic E-state index is 2.85. The Kier molecular flexibility index (Phi) is 8.02. The summed E-state index contributed by atoms with van der Waals surface area (Å²) < 4.78 is 0. The van der Waals surface area contributed by atoms with Crippen molar-refractivity contribution in [3.05, 3.63) is 129 Å². The van der Waals surface area contributed by atoms with E-state index in [1.54, 1.807) is 44.5 Å². The van der Waals surface area contributed by atoms with Gasteiger partial charge >= 0.3 is 0 Å². The van der Waals surface area contributed by atoms with Gasteiger partial charge in [-0.05, 0) is 139 Å². The highest BCUT2D eigenvalue weighted by molar-refractivity contribution is 6.10. The first-order valence-electron chi connectivity index (χ1n) is 20.1. The molecule has 0 aromatic heterocycles. The lowest BCUT2D eigenvalue weighted by molar-refractivity contribution is 0.298. The molecule has 0 heterocycles. The second kappa shape index (κ2) is 12.0. The lowest BCUT2D eigenvalue weighted by atomic mass is 9.55. The molecule has 4 aromatic rings. The molecule has 258 valence electrons. The molecule has 0 nitrogen and oxygen atoms in total. The minimum atomic E-state index is -0.228. The third-order valence-electron chi connectivity index (χ3n) is 13.7. The zero-order valence-corrected chi connectivity index (χ0v) is 32.4. The Morgan fingerprint density at radius 1 is 0.700 bits per heavy atom. The molecule has 0 saturated carbocycles. The van der Waals surface area contributed by atoms with Gasteiger partial charge in [-0.25, -0.2) is 0 Å². The van der Waals surface area contributed by atoms with Crippen LogP contribution in [0.5, 0.6) is 0 Å². The molecule has 0 N–H and O–H groups in total. The maximum Gasteiger partial charge on any atom is 0.0474 e. The molecule has 0 radical (unpaired) electrons. The minimum absolute atomic E-state index is 0.0903. The lowest BCUT2D eigenvalue weighted by Gasteiger charge is -2.47. The van der Waals surface area contributed by atoms with Gasteiger partial charge in [0.05, 0.1) is 0 Å². The van der Waals surface area contributed by atoms with Crippen molar-refractivity contribution in [1.29, 1.82) is 0 Å². The van der Waals surface area contributed by atoms with Crippen LogP contribution in [0.3, 0.4) is 0 Å². The zero-order valence-electron chi connectivity index (χ0n) is 32.4. The van der Waals surface area contributed by atoms with E-state index in [0.717, 1.165) is 6.42 Å². The van der Waals surface area contributed by atoms with Crippen LogP contribution in [0, 0.1) is 23.7 Å². The van der Waals surface area contributed by atoms with E-state index in [4.69, 9.17) is 0 Å². The predicted molar refractivity (Wildman–Crippen MR) is 217 cm³/mol. The molecule has 4 aliphatic carbocycles. The fourth-order valence-electron chi connectivity index (χ4n) is 11.7. The van der Waals surface area contributed by atoms with Crippen molar-refractivity contribution in [2.24, 2.45) is 23.7 Å². The Morgan fingerprint density at radius 3 is 2.02 bits per heavy atom. The van der Waals surface area contributed by atoms with Gasteiger partial charge in [0.1, 0.15) is 0 Å². The van der Waals surface area contributed by atoms with Crippen LogP contribution < -0.4 is 0 Å². The lowest BCUT2D eigenvalue weighted by Crippen LogP contribution is -2.42. The average Bonchev–Trinajstić information content (AvgIpc) is 3.70. The molecule has 1 spiro atoms. The van der Waals surface area contributed by atoms with Gasteiger partial charge < -0.3 is 0 Å². The van der Waals surface area contributed by atoms with Crippen molar-refractivity contribution < 1.29 is 0 Å². The van der Waals surface area contributed by atoms with Crippen LogP contribution in [-0.2, 0) is 17.3 Å². The van der Waals surface area contributed by atoms with E-state index < -0.39 is 0 Å². The Balaban J connectivity index is 1.54. The van der Waals surface area contributed by atoms with Gasteiger partial charge in [0.15, 0.2) is 0 Å². The molecule has 50 heavy (non-hydrogen) atoms. The predicted octanol–water partition coefficient (Wildman–Crippen LogP) is 14.0. The standard InChI is InChI=1S/C50H58/c1-11-31(12-2)34-26-40(32(13-3)14-4)45(30(7)8)50(28-34)43-24-23-38-41-25-33-19-15-16-20-35(33)46(41)49(9,10)48(38)44(43)42-27-39(29(5)6)36-21-17-18-22-37(36)47(42)50/h15-24,26-32,45H,11-14,25H2,1-10H3. The van der Waals surface area contributed by atoms with E-state index >= 15 is 0 Å². The van der Waals surface area contributed by atoms with Gasteiger partial charge in [-0.15, -0.1) is 0 Å². The Morgan fingerprint density at radius 2 is 1.36 bits per heavy atom. The molecule has 2 atom stereocenters. The van der Waals surface area contributed by atoms with Gasteiger partial charge in [0.2, 0.25) is 0 Å². The molecule has 0 amide bonds. The monoisotopic (exact) mass is 658 g/mol. The summed E-state index contributed by atoms with van der Waals surface area (Å²) in [4.78, 5) is 0. The molecule has 0 aliphatic heterocycles. The number of benzene rings is 4. The van der Waals surface area contributed by atoms with E-state index in [1.807, 2.05) is 0 Å². The number of hydrogen-bond acceptors (Lipinski definition) is 0. The normalized spacial score (nSPS) is 21.4. The maximum absolute atomic E-state index is 2.85. The van der Waals surface area contributed by atoms with Crippen molar-refractivity contribution in [2.75, 3.05) is 0 Å². The van der Waals surface area contributed by atoms with Crippen LogP contribution in [0.15, 0.2) is 90.0 Å². The molecule has 0 bridgehead atoms. The molecule has 4 aliphatic rings. The number of allylic oxidation sites excluding steroid dienone is 6. The molecule has 8 rings (SSSR count). The highest BCUT2D eigenvalue weighted by Crippen LogP contribution is 2.67. The van der Waals surface area contributed by atoms with E-state index in [-0.39, 0.29) is 10.8 Å². The van der Waals surface area contributed by atoms with Crippen molar-refractivity contribution in [1.82, 2.24) is 0 Å². The second-order valence-corrected chi connectivity index (χ2v) is 17.2. The van der Waals surface area contributed by atoms with Gasteiger partial charge in [-0.2, -0.15) is 0 Å².